The van der Waals surface area contributed by atoms with Crippen molar-refractivity contribution in [3.8, 4) is 11.3 Å². The van der Waals surface area contributed by atoms with Crippen LogP contribution in [0.15, 0.2) is 36.4 Å². The van der Waals surface area contributed by atoms with E-state index in [2.05, 4.69) is 77.9 Å². The van der Waals surface area contributed by atoms with E-state index in [0.717, 1.165) is 17.6 Å². The highest BCUT2D eigenvalue weighted by molar-refractivity contribution is 5.88. The smallest absolute Gasteiger partial charge is 0.0741 e. The first-order valence-corrected chi connectivity index (χ1v) is 8.83. The molecule has 1 heteroatoms. The van der Waals surface area contributed by atoms with Crippen molar-refractivity contribution in [2.45, 2.75) is 48.0 Å². The maximum absolute atomic E-state index is 5.04. The molecule has 1 nitrogen and oxygen atoms in total. The zero-order valence-electron chi connectivity index (χ0n) is 15.7. The number of rotatable bonds is 3. The summed E-state index contributed by atoms with van der Waals surface area (Å²) in [6.07, 6.45) is 1.09. The Balaban J connectivity index is 2.33. The molecule has 0 atom stereocenters. The fourth-order valence-corrected chi connectivity index (χ4v) is 3.60. The quantitative estimate of drug-likeness (QED) is 0.549. The Labute approximate surface area is 145 Å². The normalized spacial score (nSPS) is 11.5. The van der Waals surface area contributed by atoms with Crippen LogP contribution in [0, 0.1) is 33.6 Å². The predicted octanol–water partition coefficient (Wildman–Crippen LogP) is 6.33. The number of aromatic nitrogens is 1. The van der Waals surface area contributed by atoms with Gasteiger partial charge in [0.2, 0.25) is 0 Å². The van der Waals surface area contributed by atoms with Gasteiger partial charge in [0.25, 0.3) is 0 Å². The fraction of sp³-hybridized carbons (Fsp3) is 0.348. The molecule has 124 valence electrons. The first-order chi connectivity index (χ1) is 11.3. The summed E-state index contributed by atoms with van der Waals surface area (Å²) in [5.74, 6) is 0.627. The van der Waals surface area contributed by atoms with Crippen molar-refractivity contribution < 1.29 is 0 Å². The predicted molar refractivity (Wildman–Crippen MR) is 105 cm³/mol. The highest BCUT2D eigenvalue weighted by atomic mass is 14.7. The number of nitrogens with zero attached hydrogens (tertiary/aromatic N) is 1. The van der Waals surface area contributed by atoms with Crippen molar-refractivity contribution in [2.24, 2.45) is 5.92 Å². The van der Waals surface area contributed by atoms with E-state index >= 15 is 0 Å². The summed E-state index contributed by atoms with van der Waals surface area (Å²) in [6.45, 7) is 13.3. The first-order valence-electron chi connectivity index (χ1n) is 8.83. The third-order valence-corrected chi connectivity index (χ3v) is 4.62. The third kappa shape index (κ3) is 3.21. The minimum Gasteiger partial charge on any atom is -0.247 e. The molecule has 0 aliphatic carbocycles. The first kappa shape index (κ1) is 16.7. The number of fused-ring (bicyclic) bond motifs is 1. The van der Waals surface area contributed by atoms with Gasteiger partial charge in [-0.1, -0.05) is 42.7 Å². The minimum absolute atomic E-state index is 0.627. The monoisotopic (exact) mass is 317 g/mol. The lowest BCUT2D eigenvalue weighted by atomic mass is 9.91. The van der Waals surface area contributed by atoms with Gasteiger partial charge in [-0.15, -0.1) is 0 Å². The maximum atomic E-state index is 5.04. The van der Waals surface area contributed by atoms with Gasteiger partial charge in [0.15, 0.2) is 0 Å². The molecule has 3 rings (SSSR count). The second-order valence-electron chi connectivity index (χ2n) is 7.56. The van der Waals surface area contributed by atoms with E-state index in [1.165, 1.54) is 38.8 Å². The topological polar surface area (TPSA) is 12.9 Å². The Hall–Kier alpha value is -2.15. The number of pyridine rings is 1. The van der Waals surface area contributed by atoms with Crippen molar-refractivity contribution in [1.29, 1.82) is 0 Å². The summed E-state index contributed by atoms with van der Waals surface area (Å²) in [7, 11) is 0. The average Bonchev–Trinajstić information content (AvgIpc) is 2.49. The summed E-state index contributed by atoms with van der Waals surface area (Å²) < 4.78 is 0. The summed E-state index contributed by atoms with van der Waals surface area (Å²) in [4.78, 5) is 5.04. The Morgan fingerprint density at radius 3 is 2.12 bits per heavy atom. The molecule has 24 heavy (non-hydrogen) atoms. The molecule has 1 heterocycles. The molecule has 0 aliphatic rings. The highest BCUT2D eigenvalue weighted by Crippen LogP contribution is 2.32. The van der Waals surface area contributed by atoms with E-state index < -0.39 is 0 Å². The van der Waals surface area contributed by atoms with Gasteiger partial charge in [0.05, 0.1) is 11.2 Å². The van der Waals surface area contributed by atoms with Crippen molar-refractivity contribution in [3.05, 3.63) is 64.2 Å². The van der Waals surface area contributed by atoms with Crippen molar-refractivity contribution >= 4 is 10.9 Å². The summed E-state index contributed by atoms with van der Waals surface area (Å²) in [5, 5.41) is 1.31. The van der Waals surface area contributed by atoms with Crippen molar-refractivity contribution in [1.82, 2.24) is 4.98 Å². The van der Waals surface area contributed by atoms with E-state index in [1.807, 2.05) is 0 Å². The summed E-state index contributed by atoms with van der Waals surface area (Å²) >= 11 is 0. The second kappa shape index (κ2) is 6.39. The molecule has 0 saturated heterocycles. The SMILES string of the molecule is Cc1cc(C)cc(-c2nc3ccc(C)cc3c(CC(C)C)c2C)c1. The highest BCUT2D eigenvalue weighted by Gasteiger charge is 2.15. The molecule has 1 aromatic heterocycles. The standard InChI is InChI=1S/C23H27N/c1-14(2)9-20-18(6)23(19-11-16(4)10-17(5)12-19)24-22-8-7-15(3)13-21(20)22/h7-8,10-14H,9H2,1-6H3. The van der Waals surface area contributed by atoms with Crippen LogP contribution in [0.4, 0.5) is 0 Å². The lowest BCUT2D eigenvalue weighted by molar-refractivity contribution is 0.648. The number of benzene rings is 2. The molecule has 0 bridgehead atoms. The number of aryl methyl sites for hydroxylation is 3. The zero-order valence-corrected chi connectivity index (χ0v) is 15.7. The summed E-state index contributed by atoms with van der Waals surface area (Å²) in [6, 6.07) is 13.3. The molecular formula is C23H27N. The van der Waals surface area contributed by atoms with E-state index in [0.29, 0.717) is 5.92 Å². The average molecular weight is 317 g/mol. The van der Waals surface area contributed by atoms with Crippen LogP contribution in [0.1, 0.15) is 41.7 Å². The fourth-order valence-electron chi connectivity index (χ4n) is 3.60. The van der Waals surface area contributed by atoms with Gasteiger partial charge < -0.3 is 0 Å². The van der Waals surface area contributed by atoms with Crippen LogP contribution >= 0.6 is 0 Å². The molecule has 0 spiro atoms. The lowest BCUT2D eigenvalue weighted by Gasteiger charge is -2.17. The van der Waals surface area contributed by atoms with Gasteiger partial charge in [0, 0.05) is 10.9 Å². The molecule has 2 aromatic carbocycles. The van der Waals surface area contributed by atoms with E-state index in [1.54, 1.807) is 0 Å². The van der Waals surface area contributed by atoms with Crippen LogP contribution in [0.25, 0.3) is 22.2 Å². The van der Waals surface area contributed by atoms with Crippen molar-refractivity contribution in [3.63, 3.8) is 0 Å². The van der Waals surface area contributed by atoms with Crippen molar-refractivity contribution in [2.75, 3.05) is 0 Å². The largest absolute Gasteiger partial charge is 0.247 e. The van der Waals surface area contributed by atoms with E-state index in [-0.39, 0.29) is 0 Å². The molecular weight excluding hydrogens is 290 g/mol. The van der Waals surface area contributed by atoms with Crippen LogP contribution in [0.5, 0.6) is 0 Å². The molecule has 0 fully saturated rings. The van der Waals surface area contributed by atoms with Gasteiger partial charge in [0.1, 0.15) is 0 Å². The minimum atomic E-state index is 0.627. The Morgan fingerprint density at radius 2 is 1.50 bits per heavy atom. The molecule has 0 N–H and O–H groups in total. The van der Waals surface area contributed by atoms with Gasteiger partial charge in [-0.05, 0) is 75.4 Å². The lowest BCUT2D eigenvalue weighted by Crippen LogP contribution is -2.03. The third-order valence-electron chi connectivity index (χ3n) is 4.62. The van der Waals surface area contributed by atoms with Crippen LogP contribution in [-0.2, 0) is 6.42 Å². The van der Waals surface area contributed by atoms with Crippen LogP contribution in [0.2, 0.25) is 0 Å². The maximum Gasteiger partial charge on any atom is 0.0741 e. The zero-order chi connectivity index (χ0) is 17.4. The second-order valence-corrected chi connectivity index (χ2v) is 7.56. The van der Waals surface area contributed by atoms with Gasteiger partial charge in [-0.2, -0.15) is 0 Å². The Morgan fingerprint density at radius 1 is 0.833 bits per heavy atom. The van der Waals surface area contributed by atoms with Gasteiger partial charge >= 0.3 is 0 Å². The van der Waals surface area contributed by atoms with Crippen LogP contribution in [0.3, 0.4) is 0 Å². The molecule has 0 unspecified atom stereocenters. The number of hydrogen-bond donors (Lipinski definition) is 0. The van der Waals surface area contributed by atoms with Crippen LogP contribution < -0.4 is 0 Å². The van der Waals surface area contributed by atoms with E-state index in [4.69, 9.17) is 4.98 Å². The molecule has 0 amide bonds. The Kier molecular flexibility index (Phi) is 4.45. The molecule has 3 aromatic rings. The molecule has 0 saturated carbocycles. The molecule has 0 radical (unpaired) electrons. The number of hydrogen-bond acceptors (Lipinski definition) is 1. The summed E-state index contributed by atoms with van der Waals surface area (Å²) in [5.41, 5.74) is 10.1. The van der Waals surface area contributed by atoms with Gasteiger partial charge in [-0.25, -0.2) is 4.98 Å². The molecule has 0 aliphatic heterocycles. The Bertz CT molecular complexity index is 883. The van der Waals surface area contributed by atoms with Crippen LogP contribution in [-0.4, -0.2) is 4.98 Å². The van der Waals surface area contributed by atoms with E-state index in [9.17, 15) is 0 Å². The van der Waals surface area contributed by atoms with Gasteiger partial charge in [-0.3, -0.25) is 0 Å².